The molecule has 0 aliphatic heterocycles. The highest BCUT2D eigenvalue weighted by molar-refractivity contribution is 7.11. The molecule has 6 heteroatoms. The average Bonchev–Trinajstić information content (AvgIpc) is 2.72. The molecule has 2 rings (SSSR count). The summed E-state index contributed by atoms with van der Waals surface area (Å²) >= 11 is 1.63. The lowest BCUT2D eigenvalue weighted by Crippen LogP contribution is -2.14. The number of anilines is 1. The number of aromatic nitrogens is 3. The van der Waals surface area contributed by atoms with Crippen LogP contribution >= 0.6 is 11.3 Å². The van der Waals surface area contributed by atoms with Crippen LogP contribution in [0, 0.1) is 6.92 Å². The maximum Gasteiger partial charge on any atom is 0.252 e. The Balaban J connectivity index is 2.11. The Hall–Kier alpha value is -1.69. The minimum atomic E-state index is -0.133. The first-order valence-corrected chi connectivity index (χ1v) is 6.62. The number of hydrogen-bond donors (Lipinski definition) is 2. The van der Waals surface area contributed by atoms with Crippen molar-refractivity contribution >= 4 is 17.2 Å². The fraction of sp³-hybridized carbons (Fsp3) is 0.417. The van der Waals surface area contributed by atoms with E-state index < -0.39 is 0 Å². The predicted molar refractivity (Wildman–Crippen MR) is 73.1 cm³/mol. The van der Waals surface area contributed by atoms with E-state index in [9.17, 15) is 4.79 Å². The summed E-state index contributed by atoms with van der Waals surface area (Å²) in [4.78, 5) is 24.0. The van der Waals surface area contributed by atoms with Crippen molar-refractivity contribution in [2.45, 2.75) is 33.2 Å². The van der Waals surface area contributed by atoms with Crippen molar-refractivity contribution in [1.82, 2.24) is 15.0 Å². The van der Waals surface area contributed by atoms with Crippen LogP contribution in [-0.2, 0) is 6.54 Å². The van der Waals surface area contributed by atoms with Gasteiger partial charge in [-0.05, 0) is 6.92 Å². The third-order valence-electron chi connectivity index (χ3n) is 2.40. The largest absolute Gasteiger partial charge is 0.363 e. The van der Waals surface area contributed by atoms with Gasteiger partial charge in [0.15, 0.2) is 0 Å². The zero-order chi connectivity index (χ0) is 13.1. The molecule has 0 saturated heterocycles. The molecule has 0 aliphatic rings. The third-order valence-corrected chi connectivity index (χ3v) is 3.31. The Bertz CT molecular complexity index is 588. The fourth-order valence-electron chi connectivity index (χ4n) is 1.49. The highest BCUT2D eigenvalue weighted by Crippen LogP contribution is 2.13. The summed E-state index contributed by atoms with van der Waals surface area (Å²) in [7, 11) is 0. The van der Waals surface area contributed by atoms with Crippen LogP contribution in [0.15, 0.2) is 17.1 Å². The van der Waals surface area contributed by atoms with Gasteiger partial charge in [-0.15, -0.1) is 11.3 Å². The summed E-state index contributed by atoms with van der Waals surface area (Å²) in [6.07, 6.45) is 1.84. The first kappa shape index (κ1) is 12.8. The van der Waals surface area contributed by atoms with E-state index in [1.165, 1.54) is 10.9 Å². The van der Waals surface area contributed by atoms with Gasteiger partial charge in [0.2, 0.25) is 0 Å². The molecule has 0 unspecified atom stereocenters. The number of nitrogens with one attached hydrogen (secondary N) is 2. The van der Waals surface area contributed by atoms with E-state index in [1.807, 2.05) is 27.0 Å². The van der Waals surface area contributed by atoms with Crippen molar-refractivity contribution in [3.05, 3.63) is 38.3 Å². The molecule has 2 N–H and O–H groups in total. The standard InChI is InChI=1S/C12H16N4OS/c1-7(2)12-15-9(4-10(17)16-12)13-6-11-14-5-8(3)18-11/h4-5,7H,6H2,1-3H3,(H2,13,15,16,17). The van der Waals surface area contributed by atoms with Crippen molar-refractivity contribution in [3.63, 3.8) is 0 Å². The number of aryl methyl sites for hydroxylation is 1. The van der Waals surface area contributed by atoms with Gasteiger partial charge in [-0.3, -0.25) is 4.79 Å². The van der Waals surface area contributed by atoms with Gasteiger partial charge in [0.1, 0.15) is 16.6 Å². The first-order valence-electron chi connectivity index (χ1n) is 5.81. The van der Waals surface area contributed by atoms with E-state index in [-0.39, 0.29) is 11.5 Å². The molecular weight excluding hydrogens is 248 g/mol. The highest BCUT2D eigenvalue weighted by atomic mass is 32.1. The predicted octanol–water partition coefficient (Wildman–Crippen LogP) is 2.27. The van der Waals surface area contributed by atoms with Gasteiger partial charge < -0.3 is 10.3 Å². The monoisotopic (exact) mass is 264 g/mol. The summed E-state index contributed by atoms with van der Waals surface area (Å²) in [5, 5.41) is 4.11. The molecule has 96 valence electrons. The van der Waals surface area contributed by atoms with Gasteiger partial charge in [0, 0.05) is 23.1 Å². The first-order chi connectivity index (χ1) is 8.54. The molecule has 0 atom stereocenters. The van der Waals surface area contributed by atoms with Gasteiger partial charge in [-0.2, -0.15) is 0 Å². The number of hydrogen-bond acceptors (Lipinski definition) is 5. The number of nitrogens with zero attached hydrogens (tertiary/aromatic N) is 2. The lowest BCUT2D eigenvalue weighted by Gasteiger charge is -2.07. The van der Waals surface area contributed by atoms with Crippen LogP contribution in [0.3, 0.4) is 0 Å². The number of thiazole rings is 1. The second kappa shape index (κ2) is 5.30. The second-order valence-corrected chi connectivity index (χ2v) is 5.71. The summed E-state index contributed by atoms with van der Waals surface area (Å²) in [6, 6.07) is 1.46. The SMILES string of the molecule is Cc1cnc(CNc2cc(=O)[nH]c(C(C)C)n2)s1. The molecule has 0 aromatic carbocycles. The Morgan fingerprint density at radius 2 is 2.28 bits per heavy atom. The molecule has 2 aromatic rings. The molecule has 0 spiro atoms. The Morgan fingerprint density at radius 3 is 2.89 bits per heavy atom. The topological polar surface area (TPSA) is 70.7 Å². The smallest absolute Gasteiger partial charge is 0.252 e. The van der Waals surface area contributed by atoms with E-state index in [4.69, 9.17) is 0 Å². The van der Waals surface area contributed by atoms with Gasteiger partial charge in [-0.25, -0.2) is 9.97 Å². The van der Waals surface area contributed by atoms with E-state index in [0.29, 0.717) is 18.2 Å². The Morgan fingerprint density at radius 1 is 1.50 bits per heavy atom. The van der Waals surface area contributed by atoms with Crippen molar-refractivity contribution in [2.24, 2.45) is 0 Å². The van der Waals surface area contributed by atoms with Crippen LogP contribution in [0.25, 0.3) is 0 Å². The molecule has 0 saturated carbocycles. The molecule has 0 radical (unpaired) electrons. The molecular formula is C12H16N4OS. The number of rotatable bonds is 4. The van der Waals surface area contributed by atoms with Crippen LogP contribution in [0.4, 0.5) is 5.82 Å². The zero-order valence-corrected chi connectivity index (χ0v) is 11.5. The van der Waals surface area contributed by atoms with Crippen molar-refractivity contribution in [2.75, 3.05) is 5.32 Å². The number of aromatic amines is 1. The molecule has 0 amide bonds. The minimum Gasteiger partial charge on any atom is -0.363 e. The Kier molecular flexibility index (Phi) is 3.76. The van der Waals surface area contributed by atoms with E-state index >= 15 is 0 Å². The van der Waals surface area contributed by atoms with Crippen molar-refractivity contribution in [3.8, 4) is 0 Å². The maximum absolute atomic E-state index is 11.5. The molecule has 18 heavy (non-hydrogen) atoms. The molecule has 0 bridgehead atoms. The van der Waals surface area contributed by atoms with Gasteiger partial charge in [-0.1, -0.05) is 13.8 Å². The minimum absolute atomic E-state index is 0.133. The van der Waals surface area contributed by atoms with Gasteiger partial charge in [0.05, 0.1) is 6.54 Å². The summed E-state index contributed by atoms with van der Waals surface area (Å²) in [5.74, 6) is 1.48. The van der Waals surface area contributed by atoms with E-state index in [0.717, 1.165) is 5.01 Å². The summed E-state index contributed by atoms with van der Waals surface area (Å²) in [6.45, 7) is 6.59. The molecule has 0 aliphatic carbocycles. The molecule has 2 aromatic heterocycles. The summed E-state index contributed by atoms with van der Waals surface area (Å²) < 4.78 is 0. The van der Waals surface area contributed by atoms with Crippen LogP contribution in [0.5, 0.6) is 0 Å². The maximum atomic E-state index is 11.5. The highest BCUT2D eigenvalue weighted by Gasteiger charge is 2.05. The van der Waals surface area contributed by atoms with Crippen molar-refractivity contribution in [1.29, 1.82) is 0 Å². The van der Waals surface area contributed by atoms with Crippen molar-refractivity contribution < 1.29 is 0 Å². The number of H-pyrrole nitrogens is 1. The Labute approximate surface area is 109 Å². The fourth-order valence-corrected chi connectivity index (χ4v) is 2.22. The van der Waals surface area contributed by atoms with Crippen LogP contribution in [-0.4, -0.2) is 15.0 Å². The average molecular weight is 264 g/mol. The lowest BCUT2D eigenvalue weighted by molar-refractivity contribution is 0.766. The van der Waals surface area contributed by atoms with Crippen LogP contribution < -0.4 is 10.9 Å². The van der Waals surface area contributed by atoms with E-state index in [1.54, 1.807) is 11.3 Å². The normalized spacial score (nSPS) is 10.9. The molecule has 0 fully saturated rings. The van der Waals surface area contributed by atoms with Crippen LogP contribution in [0.2, 0.25) is 0 Å². The lowest BCUT2D eigenvalue weighted by atomic mass is 10.2. The molecule has 2 heterocycles. The van der Waals surface area contributed by atoms with Gasteiger partial charge >= 0.3 is 0 Å². The third kappa shape index (κ3) is 3.16. The molecule has 5 nitrogen and oxygen atoms in total. The summed E-state index contributed by atoms with van der Waals surface area (Å²) in [5.41, 5.74) is -0.133. The van der Waals surface area contributed by atoms with Crippen LogP contribution in [0.1, 0.15) is 35.5 Å². The second-order valence-electron chi connectivity index (χ2n) is 4.39. The quantitative estimate of drug-likeness (QED) is 0.888. The van der Waals surface area contributed by atoms with E-state index in [2.05, 4.69) is 20.3 Å². The van der Waals surface area contributed by atoms with Gasteiger partial charge in [0.25, 0.3) is 5.56 Å². The zero-order valence-electron chi connectivity index (χ0n) is 10.7.